The molecule has 0 aliphatic heterocycles. The van der Waals surface area contributed by atoms with Crippen molar-refractivity contribution in [2.75, 3.05) is 31.1 Å². The summed E-state index contributed by atoms with van der Waals surface area (Å²) in [6.45, 7) is 20.0. The van der Waals surface area contributed by atoms with Gasteiger partial charge in [-0.15, -0.1) is 30.7 Å². The molecule has 1 N–H and O–H groups in total. The molecule has 1 unspecified atom stereocenters. The number of Topliss-reactive ketones (excluding diaryl/α,β-unsaturated/α-hetero) is 1. The number of thioether (sulfide) groups is 1. The number of ether oxygens (including phenoxy) is 1. The van der Waals surface area contributed by atoms with Crippen molar-refractivity contribution in [2.45, 2.75) is 85.9 Å². The van der Waals surface area contributed by atoms with Gasteiger partial charge in [0.2, 0.25) is 0 Å². The fraction of sp³-hybridized carbons (Fsp3) is 0.857. The van der Waals surface area contributed by atoms with E-state index in [0.29, 0.717) is 24.4 Å². The van der Waals surface area contributed by atoms with Crippen LogP contribution in [-0.4, -0.2) is 65.1 Å². The Kier molecular flexibility index (Phi) is 10.4. The average molecular weight is 530 g/mol. The highest BCUT2D eigenvalue weighted by molar-refractivity contribution is 7.99. The van der Waals surface area contributed by atoms with Gasteiger partial charge in [-0.1, -0.05) is 47.6 Å². The number of aliphatic hydroxyl groups excluding tert-OH is 1. The third-order valence-electron chi connectivity index (χ3n) is 10.2. The minimum absolute atomic E-state index is 0. The summed E-state index contributed by atoms with van der Waals surface area (Å²) in [5.41, 5.74) is -1.25. The summed E-state index contributed by atoms with van der Waals surface area (Å²) in [5, 5.41) is 11.6. The van der Waals surface area contributed by atoms with Gasteiger partial charge in [-0.25, -0.2) is 0 Å². The second-order valence-electron chi connectivity index (χ2n) is 11.6. The first-order chi connectivity index (χ1) is 16.0. The SMILES string of the molecule is C=C[C@]1(C)C[C@@H](OC(=O)CSCCN(CC)CC)[C@]2(C)C(C)CC[C@]3(CCC(=O)[C@H]32)[C@@H](C)[C@@H]1O.Cl. The van der Waals surface area contributed by atoms with Crippen LogP contribution in [-0.2, 0) is 14.3 Å². The summed E-state index contributed by atoms with van der Waals surface area (Å²) in [6, 6.07) is 0. The quantitative estimate of drug-likeness (QED) is 0.245. The second-order valence-corrected chi connectivity index (χ2v) is 12.7. The van der Waals surface area contributed by atoms with Gasteiger partial charge < -0.3 is 14.7 Å². The Hall–Kier alpha value is -0.560. The molecule has 0 aromatic rings. The first-order valence-electron chi connectivity index (χ1n) is 13.3. The van der Waals surface area contributed by atoms with E-state index in [1.165, 1.54) is 0 Å². The Labute approximate surface area is 223 Å². The zero-order valence-corrected chi connectivity index (χ0v) is 24.3. The van der Waals surface area contributed by atoms with Gasteiger partial charge in [0.25, 0.3) is 0 Å². The van der Waals surface area contributed by atoms with Crippen molar-refractivity contribution < 1.29 is 19.4 Å². The number of hydrogen-bond acceptors (Lipinski definition) is 6. The van der Waals surface area contributed by atoms with Gasteiger partial charge in [-0.2, -0.15) is 0 Å². The molecule has 35 heavy (non-hydrogen) atoms. The summed E-state index contributed by atoms with van der Waals surface area (Å²) in [4.78, 5) is 28.9. The number of hydrogen-bond donors (Lipinski definition) is 1. The third-order valence-corrected chi connectivity index (χ3v) is 11.2. The number of aliphatic hydroxyl groups is 1. The predicted molar refractivity (Wildman–Crippen MR) is 147 cm³/mol. The molecule has 7 heteroatoms. The van der Waals surface area contributed by atoms with E-state index in [1.54, 1.807) is 11.8 Å². The number of rotatable bonds is 9. The highest BCUT2D eigenvalue weighted by Crippen LogP contribution is 2.67. The van der Waals surface area contributed by atoms with Gasteiger partial charge in [0.15, 0.2) is 0 Å². The van der Waals surface area contributed by atoms with Crippen molar-refractivity contribution in [3.63, 3.8) is 0 Å². The van der Waals surface area contributed by atoms with E-state index in [4.69, 9.17) is 4.74 Å². The van der Waals surface area contributed by atoms with Crippen molar-refractivity contribution in [1.29, 1.82) is 0 Å². The van der Waals surface area contributed by atoms with Gasteiger partial charge in [0, 0.05) is 35.5 Å². The van der Waals surface area contributed by atoms with Crippen LogP contribution >= 0.6 is 24.2 Å². The fourth-order valence-electron chi connectivity index (χ4n) is 7.58. The Bertz CT molecular complexity index is 776. The molecule has 3 fully saturated rings. The van der Waals surface area contributed by atoms with E-state index >= 15 is 0 Å². The molecule has 202 valence electrons. The lowest BCUT2D eigenvalue weighted by atomic mass is 9.44. The molecule has 0 radical (unpaired) electrons. The summed E-state index contributed by atoms with van der Waals surface area (Å²) >= 11 is 1.61. The first-order valence-corrected chi connectivity index (χ1v) is 14.5. The highest BCUT2D eigenvalue weighted by Gasteiger charge is 2.68. The van der Waals surface area contributed by atoms with Crippen LogP contribution in [0.15, 0.2) is 12.7 Å². The number of carbonyl (C=O) groups is 2. The lowest BCUT2D eigenvalue weighted by Gasteiger charge is -2.61. The maximum atomic E-state index is 13.4. The standard InChI is InChI=1S/C28H47NO4S.ClH/c1-8-26(6)17-22(33-23(31)18-34-16-15-29(9-2)10-3)27(7)19(4)11-13-28(20(5)25(26)32)14-12-21(30)24(27)28;/h8,19-20,22,24-25,32H,1,9-18H2,2-7H3;1H/t19?,20-,22+,24-,25-,26+,27-,28-;/m0./s1. The molecule has 5 nitrogen and oxygen atoms in total. The van der Waals surface area contributed by atoms with E-state index < -0.39 is 23.0 Å². The Morgan fingerprint density at radius 3 is 2.51 bits per heavy atom. The maximum Gasteiger partial charge on any atom is 0.316 e. The van der Waals surface area contributed by atoms with Gasteiger partial charge in [0.1, 0.15) is 11.9 Å². The van der Waals surface area contributed by atoms with Crippen LogP contribution < -0.4 is 0 Å². The van der Waals surface area contributed by atoms with E-state index in [2.05, 4.69) is 46.1 Å². The molecule has 0 heterocycles. The number of ketones is 1. The molecule has 3 rings (SSSR count). The van der Waals surface area contributed by atoms with Gasteiger partial charge in [0.05, 0.1) is 11.9 Å². The summed E-state index contributed by atoms with van der Waals surface area (Å²) in [6.07, 6.45) is 4.64. The Morgan fingerprint density at radius 1 is 1.26 bits per heavy atom. The fourth-order valence-corrected chi connectivity index (χ4v) is 8.35. The van der Waals surface area contributed by atoms with E-state index in [1.807, 2.05) is 13.0 Å². The van der Waals surface area contributed by atoms with Crippen molar-refractivity contribution >= 4 is 35.9 Å². The van der Waals surface area contributed by atoms with Crippen molar-refractivity contribution in [3.05, 3.63) is 12.7 Å². The van der Waals surface area contributed by atoms with Crippen LogP contribution in [0.5, 0.6) is 0 Å². The molecule has 3 aliphatic rings. The number of carbonyl (C=O) groups excluding carboxylic acids is 2. The molecule has 8 atom stereocenters. The molecule has 3 aliphatic carbocycles. The highest BCUT2D eigenvalue weighted by atomic mass is 35.5. The molecule has 0 amide bonds. The molecular weight excluding hydrogens is 482 g/mol. The summed E-state index contributed by atoms with van der Waals surface area (Å²) in [5.74, 6) is 1.37. The second kappa shape index (κ2) is 11.9. The Balaban J connectivity index is 0.00000432. The zero-order chi connectivity index (χ0) is 25.3. The lowest BCUT2D eigenvalue weighted by Crippen LogP contribution is -2.63. The van der Waals surface area contributed by atoms with Gasteiger partial charge in [-0.3, -0.25) is 9.59 Å². The van der Waals surface area contributed by atoms with Crippen LogP contribution in [0.3, 0.4) is 0 Å². The Morgan fingerprint density at radius 2 is 1.91 bits per heavy atom. The van der Waals surface area contributed by atoms with Crippen LogP contribution in [0.25, 0.3) is 0 Å². The van der Waals surface area contributed by atoms with Crippen LogP contribution in [0.2, 0.25) is 0 Å². The van der Waals surface area contributed by atoms with Gasteiger partial charge >= 0.3 is 5.97 Å². The van der Waals surface area contributed by atoms with Crippen LogP contribution in [0.4, 0.5) is 0 Å². The van der Waals surface area contributed by atoms with E-state index in [9.17, 15) is 14.7 Å². The molecule has 0 spiro atoms. The summed E-state index contributed by atoms with van der Waals surface area (Å²) < 4.78 is 6.30. The molecule has 2 bridgehead atoms. The number of esters is 1. The molecule has 3 saturated carbocycles. The topological polar surface area (TPSA) is 66.8 Å². The molecule has 0 aromatic carbocycles. The number of nitrogens with zero attached hydrogens (tertiary/aromatic N) is 1. The predicted octanol–water partition coefficient (Wildman–Crippen LogP) is 5.39. The minimum atomic E-state index is -0.624. The lowest BCUT2D eigenvalue weighted by molar-refractivity contribution is -0.205. The zero-order valence-electron chi connectivity index (χ0n) is 22.7. The summed E-state index contributed by atoms with van der Waals surface area (Å²) in [7, 11) is 0. The largest absolute Gasteiger partial charge is 0.461 e. The van der Waals surface area contributed by atoms with Crippen molar-refractivity contribution in [1.82, 2.24) is 4.90 Å². The average Bonchev–Trinajstić information content (AvgIpc) is 3.17. The number of halogens is 1. The normalized spacial score (nSPS) is 40.9. The van der Waals surface area contributed by atoms with E-state index in [0.717, 1.165) is 44.6 Å². The van der Waals surface area contributed by atoms with Crippen molar-refractivity contribution in [2.24, 2.45) is 34.0 Å². The minimum Gasteiger partial charge on any atom is -0.461 e. The van der Waals surface area contributed by atoms with Crippen LogP contribution in [0.1, 0.15) is 73.6 Å². The van der Waals surface area contributed by atoms with Crippen LogP contribution in [0, 0.1) is 34.0 Å². The monoisotopic (exact) mass is 529 g/mol. The van der Waals surface area contributed by atoms with Gasteiger partial charge in [-0.05, 0) is 56.0 Å². The van der Waals surface area contributed by atoms with E-state index in [-0.39, 0.29) is 41.5 Å². The molecular formula is C28H48ClNO4S. The smallest absolute Gasteiger partial charge is 0.316 e. The first kappa shape index (κ1) is 30.7. The maximum absolute atomic E-state index is 13.4. The molecule has 0 saturated heterocycles. The molecule has 0 aromatic heterocycles. The third kappa shape index (κ3) is 5.37. The van der Waals surface area contributed by atoms with Crippen molar-refractivity contribution in [3.8, 4) is 0 Å².